The van der Waals surface area contributed by atoms with Crippen molar-refractivity contribution in [2.75, 3.05) is 24.7 Å². The topological polar surface area (TPSA) is 40.5 Å². The lowest BCUT2D eigenvalue weighted by atomic mass is 10.1. The smallest absolute Gasteiger partial charge is 0.0561 e. The van der Waals surface area contributed by atoms with Gasteiger partial charge in [-0.3, -0.25) is 0 Å². The van der Waals surface area contributed by atoms with Gasteiger partial charge < -0.3 is 10.2 Å². The molecule has 0 fully saturated rings. The zero-order valence-corrected chi connectivity index (χ0v) is 17.8. The third kappa shape index (κ3) is 14.9. The van der Waals surface area contributed by atoms with Gasteiger partial charge in [0.1, 0.15) is 0 Å². The maximum atomic E-state index is 9.65. The first-order chi connectivity index (χ1) is 11.8. The molecule has 0 saturated heterocycles. The molecule has 0 saturated carbocycles. The number of rotatable bonds is 19. The highest BCUT2D eigenvalue weighted by Crippen LogP contribution is 2.26. The Kier molecular flexibility index (Phi) is 20.5. The average molecular weight is 379 g/mol. The molecule has 0 aliphatic rings. The summed E-state index contributed by atoms with van der Waals surface area (Å²) in [7, 11) is 0. The number of aliphatic hydroxyl groups excluding tert-OH is 2. The van der Waals surface area contributed by atoms with Gasteiger partial charge in [0.2, 0.25) is 0 Å². The van der Waals surface area contributed by atoms with Crippen LogP contribution in [0.5, 0.6) is 0 Å². The summed E-state index contributed by atoms with van der Waals surface area (Å²) in [6, 6.07) is 0. The predicted molar refractivity (Wildman–Crippen MR) is 113 cm³/mol. The molecule has 0 heterocycles. The van der Waals surface area contributed by atoms with Crippen LogP contribution < -0.4 is 0 Å². The monoisotopic (exact) mass is 378 g/mol. The quantitative estimate of drug-likeness (QED) is 0.275. The summed E-state index contributed by atoms with van der Waals surface area (Å²) in [4.78, 5) is 0. The Bertz CT molecular complexity index is 216. The first kappa shape index (κ1) is 24.6. The van der Waals surface area contributed by atoms with Crippen molar-refractivity contribution in [1.82, 2.24) is 0 Å². The standard InChI is InChI=1S/C20H42O2S2/c1-3-5-7-9-11-13-15-23-19(17-21)20(18-22)24-16-14-12-10-8-6-4-2/h19-22H,3-18H2,1-2H3. The van der Waals surface area contributed by atoms with Gasteiger partial charge in [-0.2, -0.15) is 23.5 Å². The van der Waals surface area contributed by atoms with Crippen LogP contribution in [-0.2, 0) is 0 Å². The van der Waals surface area contributed by atoms with Gasteiger partial charge in [-0.05, 0) is 24.3 Å². The van der Waals surface area contributed by atoms with Gasteiger partial charge in [-0.25, -0.2) is 0 Å². The van der Waals surface area contributed by atoms with E-state index in [0.717, 1.165) is 11.5 Å². The lowest BCUT2D eigenvalue weighted by Crippen LogP contribution is -2.28. The van der Waals surface area contributed by atoms with Crippen molar-refractivity contribution in [2.45, 2.75) is 101 Å². The fourth-order valence-corrected chi connectivity index (χ4v) is 5.42. The van der Waals surface area contributed by atoms with E-state index >= 15 is 0 Å². The van der Waals surface area contributed by atoms with Crippen molar-refractivity contribution >= 4 is 23.5 Å². The minimum Gasteiger partial charge on any atom is -0.395 e. The van der Waals surface area contributed by atoms with Crippen LogP contribution in [0.2, 0.25) is 0 Å². The zero-order chi connectivity index (χ0) is 17.9. The summed E-state index contributed by atoms with van der Waals surface area (Å²) in [5.41, 5.74) is 0. The molecule has 0 aromatic heterocycles. The second kappa shape index (κ2) is 19.9. The van der Waals surface area contributed by atoms with Crippen molar-refractivity contribution in [3.05, 3.63) is 0 Å². The Morgan fingerprint density at radius 2 is 0.875 bits per heavy atom. The Balaban J connectivity index is 3.71. The van der Waals surface area contributed by atoms with Crippen molar-refractivity contribution in [3.63, 3.8) is 0 Å². The van der Waals surface area contributed by atoms with Crippen LogP contribution in [0.25, 0.3) is 0 Å². The van der Waals surface area contributed by atoms with Crippen LogP contribution in [-0.4, -0.2) is 45.4 Å². The molecule has 24 heavy (non-hydrogen) atoms. The average Bonchev–Trinajstić information content (AvgIpc) is 2.61. The lowest BCUT2D eigenvalue weighted by molar-refractivity contribution is 0.253. The molecule has 0 radical (unpaired) electrons. The second-order valence-corrected chi connectivity index (χ2v) is 9.41. The number of hydrogen-bond acceptors (Lipinski definition) is 4. The fourth-order valence-electron chi connectivity index (χ4n) is 2.79. The van der Waals surface area contributed by atoms with Gasteiger partial charge in [-0.1, -0.05) is 78.1 Å². The van der Waals surface area contributed by atoms with E-state index in [4.69, 9.17) is 0 Å². The van der Waals surface area contributed by atoms with E-state index < -0.39 is 0 Å². The van der Waals surface area contributed by atoms with E-state index in [1.165, 1.54) is 77.0 Å². The molecule has 146 valence electrons. The summed E-state index contributed by atoms with van der Waals surface area (Å²) >= 11 is 3.72. The molecular weight excluding hydrogens is 336 g/mol. The molecule has 0 amide bonds. The van der Waals surface area contributed by atoms with Gasteiger partial charge in [0.25, 0.3) is 0 Å². The Hall–Kier alpha value is 0.620. The number of unbranched alkanes of at least 4 members (excludes halogenated alkanes) is 10. The molecule has 2 atom stereocenters. The highest BCUT2D eigenvalue weighted by molar-refractivity contribution is 8.03. The van der Waals surface area contributed by atoms with Gasteiger partial charge in [0.05, 0.1) is 13.2 Å². The molecule has 0 aromatic carbocycles. The van der Waals surface area contributed by atoms with Gasteiger partial charge in [0, 0.05) is 10.5 Å². The predicted octanol–water partition coefficient (Wildman–Crippen LogP) is 5.90. The van der Waals surface area contributed by atoms with Gasteiger partial charge >= 0.3 is 0 Å². The summed E-state index contributed by atoms with van der Waals surface area (Å²) in [6.45, 7) is 4.88. The molecule has 2 unspecified atom stereocenters. The molecular formula is C20H42O2S2. The first-order valence-electron chi connectivity index (χ1n) is 10.2. The van der Waals surface area contributed by atoms with E-state index in [1.54, 1.807) is 0 Å². The molecule has 0 aliphatic carbocycles. The number of aliphatic hydroxyl groups is 2. The van der Waals surface area contributed by atoms with Crippen molar-refractivity contribution in [1.29, 1.82) is 0 Å². The zero-order valence-electron chi connectivity index (χ0n) is 16.2. The number of hydrogen-bond donors (Lipinski definition) is 2. The fraction of sp³-hybridized carbons (Fsp3) is 1.00. The van der Waals surface area contributed by atoms with Crippen molar-refractivity contribution in [3.8, 4) is 0 Å². The van der Waals surface area contributed by atoms with Crippen LogP contribution in [0.4, 0.5) is 0 Å². The van der Waals surface area contributed by atoms with E-state index in [1.807, 2.05) is 23.5 Å². The van der Waals surface area contributed by atoms with Crippen LogP contribution >= 0.6 is 23.5 Å². The third-order valence-electron chi connectivity index (χ3n) is 4.43. The molecule has 0 rings (SSSR count). The minimum atomic E-state index is 0.190. The van der Waals surface area contributed by atoms with Gasteiger partial charge in [-0.15, -0.1) is 0 Å². The maximum absolute atomic E-state index is 9.65. The highest BCUT2D eigenvalue weighted by atomic mass is 32.2. The van der Waals surface area contributed by atoms with Gasteiger partial charge in [0.15, 0.2) is 0 Å². The maximum Gasteiger partial charge on any atom is 0.0561 e. The summed E-state index contributed by atoms with van der Waals surface area (Å²) in [5.74, 6) is 2.23. The Labute approximate surface area is 160 Å². The van der Waals surface area contributed by atoms with E-state index in [-0.39, 0.29) is 23.7 Å². The van der Waals surface area contributed by atoms with Crippen molar-refractivity contribution < 1.29 is 10.2 Å². The largest absolute Gasteiger partial charge is 0.395 e. The summed E-state index contributed by atoms with van der Waals surface area (Å²) in [6.07, 6.45) is 15.8. The minimum absolute atomic E-state index is 0.190. The molecule has 0 bridgehead atoms. The lowest BCUT2D eigenvalue weighted by Gasteiger charge is -2.23. The number of thioether (sulfide) groups is 2. The molecule has 4 heteroatoms. The normalized spacial score (nSPS) is 14.0. The second-order valence-electron chi connectivity index (χ2n) is 6.72. The molecule has 0 spiro atoms. The van der Waals surface area contributed by atoms with Crippen LogP contribution in [0.15, 0.2) is 0 Å². The van der Waals surface area contributed by atoms with Crippen LogP contribution in [0.3, 0.4) is 0 Å². The SMILES string of the molecule is CCCCCCCCSC(CO)C(CO)SCCCCCCCC. The van der Waals surface area contributed by atoms with Crippen LogP contribution in [0, 0.1) is 0 Å². The van der Waals surface area contributed by atoms with Crippen LogP contribution in [0.1, 0.15) is 90.9 Å². The molecule has 0 aliphatic heterocycles. The highest BCUT2D eigenvalue weighted by Gasteiger charge is 2.20. The van der Waals surface area contributed by atoms with Crippen molar-refractivity contribution in [2.24, 2.45) is 0 Å². The summed E-state index contributed by atoms with van der Waals surface area (Å²) in [5, 5.41) is 19.7. The first-order valence-corrected chi connectivity index (χ1v) is 12.3. The Morgan fingerprint density at radius 3 is 1.21 bits per heavy atom. The molecule has 2 N–H and O–H groups in total. The third-order valence-corrected chi connectivity index (χ3v) is 7.47. The Morgan fingerprint density at radius 1 is 0.542 bits per heavy atom. The molecule has 0 aromatic rings. The summed E-state index contributed by atoms with van der Waals surface area (Å²) < 4.78 is 0. The van der Waals surface area contributed by atoms with E-state index in [2.05, 4.69) is 13.8 Å². The van der Waals surface area contributed by atoms with E-state index in [0.29, 0.717) is 0 Å². The van der Waals surface area contributed by atoms with E-state index in [9.17, 15) is 10.2 Å². The molecule has 2 nitrogen and oxygen atoms in total.